The molecule has 0 radical (unpaired) electrons. The summed E-state index contributed by atoms with van der Waals surface area (Å²) in [7, 11) is 0. The Hall–Kier alpha value is -0.810. The van der Waals surface area contributed by atoms with E-state index < -0.39 is 0 Å². The number of nitrogens with one attached hydrogen (secondary N) is 1. The molecule has 0 saturated heterocycles. The summed E-state index contributed by atoms with van der Waals surface area (Å²) in [6.07, 6.45) is 5.26. The lowest BCUT2D eigenvalue weighted by atomic mass is 9.91. The monoisotopic (exact) mass is 308 g/mol. The summed E-state index contributed by atoms with van der Waals surface area (Å²) in [5, 5.41) is 1.75. The molecular weight excluding hydrogens is 280 g/mol. The van der Waals surface area contributed by atoms with Gasteiger partial charge in [-0.05, 0) is 25.7 Å². The van der Waals surface area contributed by atoms with Crippen LogP contribution in [0.1, 0.15) is 64.8 Å². The Balaban J connectivity index is 2.29. The van der Waals surface area contributed by atoms with Crippen molar-refractivity contribution in [2.75, 3.05) is 5.43 Å². The van der Waals surface area contributed by atoms with Crippen LogP contribution in [0.3, 0.4) is 0 Å². The van der Waals surface area contributed by atoms with Gasteiger partial charge in [0.05, 0.1) is 0 Å². The van der Waals surface area contributed by atoms with Gasteiger partial charge in [0, 0.05) is 16.2 Å². The summed E-state index contributed by atoms with van der Waals surface area (Å²) in [5.74, 6) is 8.07. The van der Waals surface area contributed by atoms with Crippen molar-refractivity contribution in [3.8, 4) is 0 Å². The van der Waals surface area contributed by atoms with Crippen molar-refractivity contribution < 1.29 is 0 Å². The molecule has 3 N–H and O–H groups in total. The van der Waals surface area contributed by atoms with E-state index in [0.717, 1.165) is 28.1 Å². The lowest BCUT2D eigenvalue weighted by Gasteiger charge is -2.27. The van der Waals surface area contributed by atoms with E-state index in [1.54, 1.807) is 0 Å². The summed E-state index contributed by atoms with van der Waals surface area (Å²) in [6, 6.07) is 0. The third-order valence-electron chi connectivity index (χ3n) is 4.08. The molecule has 4 nitrogen and oxygen atoms in total. The Morgan fingerprint density at radius 1 is 1.24 bits per heavy atom. The minimum absolute atomic E-state index is 0.0749. The van der Waals surface area contributed by atoms with Gasteiger partial charge in [0.2, 0.25) is 0 Å². The highest BCUT2D eigenvalue weighted by Gasteiger charge is 2.25. The lowest BCUT2D eigenvalue weighted by molar-refractivity contribution is 0.394. The maximum atomic E-state index is 5.64. The van der Waals surface area contributed by atoms with Crippen LogP contribution in [0.2, 0.25) is 0 Å². The first-order valence-electron chi connectivity index (χ1n) is 7.83. The molecule has 0 aromatic carbocycles. The fourth-order valence-electron chi connectivity index (χ4n) is 2.73. The van der Waals surface area contributed by atoms with Crippen LogP contribution in [0, 0.1) is 12.8 Å². The van der Waals surface area contributed by atoms with Gasteiger partial charge in [-0.1, -0.05) is 40.5 Å². The second kappa shape index (κ2) is 6.53. The molecule has 0 bridgehead atoms. The Kier molecular flexibility index (Phi) is 5.15. The first kappa shape index (κ1) is 16.6. The number of nitrogens with zero attached hydrogens (tertiary/aromatic N) is 2. The average molecular weight is 308 g/mol. The predicted octanol–water partition coefficient (Wildman–Crippen LogP) is 4.04. The van der Waals surface area contributed by atoms with Crippen molar-refractivity contribution in [1.82, 2.24) is 9.97 Å². The standard InChI is InChI=1S/C16H28N4S/c1-10-7-6-8-12(9-10)21-14-11(2)13(20-17)18-15(19-14)16(3,4)5/h10,12H,6-9,17H2,1-5H3,(H,18,19,20). The quantitative estimate of drug-likeness (QED) is 0.501. The Bertz CT molecular complexity index is 496. The number of rotatable bonds is 3. The normalized spacial score (nSPS) is 23.1. The van der Waals surface area contributed by atoms with E-state index in [2.05, 4.69) is 45.0 Å². The van der Waals surface area contributed by atoms with Gasteiger partial charge in [-0.2, -0.15) is 0 Å². The predicted molar refractivity (Wildman–Crippen MR) is 90.6 cm³/mol. The zero-order valence-electron chi connectivity index (χ0n) is 13.9. The van der Waals surface area contributed by atoms with Gasteiger partial charge in [0.25, 0.3) is 0 Å². The second-order valence-electron chi connectivity index (χ2n) is 7.23. The van der Waals surface area contributed by atoms with Gasteiger partial charge in [-0.25, -0.2) is 15.8 Å². The maximum Gasteiger partial charge on any atom is 0.147 e. The van der Waals surface area contributed by atoms with Gasteiger partial charge in [0.1, 0.15) is 16.7 Å². The van der Waals surface area contributed by atoms with Crippen molar-refractivity contribution in [2.45, 2.75) is 76.0 Å². The summed E-state index contributed by atoms with van der Waals surface area (Å²) in [6.45, 7) is 10.8. The number of thioether (sulfide) groups is 1. The van der Waals surface area contributed by atoms with Crippen LogP contribution >= 0.6 is 11.8 Å². The van der Waals surface area contributed by atoms with Gasteiger partial charge >= 0.3 is 0 Å². The molecule has 2 atom stereocenters. The summed E-state index contributed by atoms with van der Waals surface area (Å²) in [5.41, 5.74) is 3.72. The zero-order chi connectivity index (χ0) is 15.6. The zero-order valence-corrected chi connectivity index (χ0v) is 14.7. The van der Waals surface area contributed by atoms with Gasteiger partial charge in [-0.15, -0.1) is 11.8 Å². The molecule has 0 amide bonds. The highest BCUT2D eigenvalue weighted by molar-refractivity contribution is 7.99. The minimum atomic E-state index is -0.0749. The molecule has 2 rings (SSSR count). The fourth-order valence-corrected chi connectivity index (χ4v) is 4.17. The summed E-state index contributed by atoms with van der Waals surface area (Å²) < 4.78 is 0. The summed E-state index contributed by atoms with van der Waals surface area (Å²) >= 11 is 1.91. The van der Waals surface area contributed by atoms with Crippen LogP contribution in [0.25, 0.3) is 0 Å². The van der Waals surface area contributed by atoms with Gasteiger partial charge < -0.3 is 5.43 Å². The third-order valence-corrected chi connectivity index (χ3v) is 5.46. The molecule has 0 aliphatic heterocycles. The number of aromatic nitrogens is 2. The SMILES string of the molecule is Cc1c(NN)nc(C(C)(C)C)nc1SC1CCCC(C)C1. The molecule has 2 unspecified atom stereocenters. The number of nitrogen functional groups attached to an aromatic ring is 1. The Labute approximate surface area is 132 Å². The van der Waals surface area contributed by atoms with E-state index >= 15 is 0 Å². The second-order valence-corrected chi connectivity index (χ2v) is 8.52. The molecule has 1 heterocycles. The molecule has 118 valence electrons. The van der Waals surface area contributed by atoms with E-state index in [9.17, 15) is 0 Å². The Morgan fingerprint density at radius 3 is 2.52 bits per heavy atom. The maximum absolute atomic E-state index is 5.64. The molecule has 1 saturated carbocycles. The largest absolute Gasteiger partial charge is 0.308 e. The van der Waals surface area contributed by atoms with Crippen molar-refractivity contribution in [1.29, 1.82) is 0 Å². The van der Waals surface area contributed by atoms with Crippen LogP contribution in [-0.2, 0) is 5.41 Å². The van der Waals surface area contributed by atoms with E-state index in [0.29, 0.717) is 5.25 Å². The number of hydrogen-bond acceptors (Lipinski definition) is 5. The van der Waals surface area contributed by atoms with Crippen molar-refractivity contribution in [2.24, 2.45) is 11.8 Å². The van der Waals surface area contributed by atoms with Crippen LogP contribution < -0.4 is 11.3 Å². The highest BCUT2D eigenvalue weighted by atomic mass is 32.2. The highest BCUT2D eigenvalue weighted by Crippen LogP contribution is 2.38. The third kappa shape index (κ3) is 4.10. The van der Waals surface area contributed by atoms with E-state index in [1.807, 2.05) is 11.8 Å². The van der Waals surface area contributed by atoms with Crippen molar-refractivity contribution >= 4 is 17.6 Å². The van der Waals surface area contributed by atoms with Crippen LogP contribution in [-0.4, -0.2) is 15.2 Å². The molecule has 21 heavy (non-hydrogen) atoms. The molecule has 5 heteroatoms. The number of hydrogen-bond donors (Lipinski definition) is 2. The van der Waals surface area contributed by atoms with Crippen molar-refractivity contribution in [3.05, 3.63) is 11.4 Å². The first-order chi connectivity index (χ1) is 9.81. The fraction of sp³-hybridized carbons (Fsp3) is 0.750. The molecule has 1 aliphatic carbocycles. The molecule has 1 fully saturated rings. The van der Waals surface area contributed by atoms with E-state index in [4.69, 9.17) is 10.8 Å². The van der Waals surface area contributed by atoms with Gasteiger partial charge in [-0.3, -0.25) is 0 Å². The number of hydrazine groups is 1. The van der Waals surface area contributed by atoms with Gasteiger partial charge in [0.15, 0.2) is 0 Å². The van der Waals surface area contributed by atoms with Crippen LogP contribution in [0.15, 0.2) is 5.03 Å². The molecular formula is C16H28N4S. The summed E-state index contributed by atoms with van der Waals surface area (Å²) in [4.78, 5) is 9.40. The van der Waals surface area contributed by atoms with E-state index in [1.165, 1.54) is 25.7 Å². The Morgan fingerprint density at radius 2 is 1.95 bits per heavy atom. The number of anilines is 1. The smallest absolute Gasteiger partial charge is 0.147 e. The molecule has 1 aromatic rings. The van der Waals surface area contributed by atoms with Crippen LogP contribution in [0.5, 0.6) is 0 Å². The van der Waals surface area contributed by atoms with Crippen LogP contribution in [0.4, 0.5) is 5.82 Å². The molecule has 1 aliphatic rings. The molecule has 0 spiro atoms. The lowest BCUT2D eigenvalue weighted by Crippen LogP contribution is -2.21. The average Bonchev–Trinajstić information content (AvgIpc) is 2.40. The number of nitrogens with two attached hydrogens (primary N) is 1. The van der Waals surface area contributed by atoms with E-state index in [-0.39, 0.29) is 5.41 Å². The first-order valence-corrected chi connectivity index (χ1v) is 8.71. The van der Waals surface area contributed by atoms with Crippen molar-refractivity contribution in [3.63, 3.8) is 0 Å². The molecule has 1 aromatic heterocycles. The topological polar surface area (TPSA) is 63.8 Å². The minimum Gasteiger partial charge on any atom is -0.308 e.